The Morgan fingerprint density at radius 1 is 1.15 bits per heavy atom. The van der Waals surface area contributed by atoms with Gasteiger partial charge in [0.15, 0.2) is 0 Å². The molecule has 0 radical (unpaired) electrons. The third-order valence-corrected chi connectivity index (χ3v) is 4.68. The molecule has 0 saturated heterocycles. The summed E-state index contributed by atoms with van der Waals surface area (Å²) in [6, 6.07) is 15.3. The molecule has 0 amide bonds. The van der Waals surface area contributed by atoms with E-state index in [0.29, 0.717) is 0 Å². The van der Waals surface area contributed by atoms with Gasteiger partial charge in [-0.2, -0.15) is 10.1 Å². The van der Waals surface area contributed by atoms with Gasteiger partial charge in [-0.15, -0.1) is 11.3 Å². The Hall–Kier alpha value is -2.14. The molecule has 0 unspecified atom stereocenters. The first-order valence-electron chi connectivity index (χ1n) is 6.66. The molecule has 0 aliphatic carbocycles. The van der Waals surface area contributed by atoms with Gasteiger partial charge >= 0.3 is 0 Å². The Labute approximate surface area is 121 Å². The maximum atomic E-state index is 4.37. The molecule has 1 aromatic carbocycles. The van der Waals surface area contributed by atoms with Gasteiger partial charge in [-0.05, 0) is 23.4 Å². The lowest BCUT2D eigenvalue weighted by atomic mass is 9.97. The molecule has 1 N–H and O–H groups in total. The summed E-state index contributed by atoms with van der Waals surface area (Å²) in [6.07, 6.45) is 2.61. The van der Waals surface area contributed by atoms with Crippen LogP contribution in [0.4, 0.5) is 5.95 Å². The molecular weight excluding hydrogens is 268 g/mol. The molecule has 5 heteroatoms. The van der Waals surface area contributed by atoms with Gasteiger partial charge in [0.25, 0.3) is 0 Å². The normalized spacial score (nSPS) is 21.2. The molecule has 0 fully saturated rings. The molecule has 3 aromatic rings. The zero-order valence-corrected chi connectivity index (χ0v) is 11.6. The lowest BCUT2D eigenvalue weighted by Gasteiger charge is -2.31. The van der Waals surface area contributed by atoms with Crippen LogP contribution >= 0.6 is 11.3 Å². The van der Waals surface area contributed by atoms with Crippen molar-refractivity contribution >= 4 is 17.3 Å². The molecule has 3 heterocycles. The van der Waals surface area contributed by atoms with E-state index in [1.807, 2.05) is 10.7 Å². The van der Waals surface area contributed by atoms with Gasteiger partial charge in [0.05, 0.1) is 12.1 Å². The summed E-state index contributed by atoms with van der Waals surface area (Å²) in [7, 11) is 0. The minimum atomic E-state index is 0.263. The molecule has 2 atom stereocenters. The zero-order chi connectivity index (χ0) is 13.4. The average Bonchev–Trinajstić information content (AvgIpc) is 3.18. The van der Waals surface area contributed by atoms with Crippen molar-refractivity contribution in [3.05, 3.63) is 64.6 Å². The number of thiophene rings is 1. The Bertz CT molecular complexity index is 690. The van der Waals surface area contributed by atoms with E-state index < -0.39 is 0 Å². The van der Waals surface area contributed by atoms with Crippen molar-refractivity contribution in [2.45, 2.75) is 18.5 Å². The molecular formula is C15H14N4S. The van der Waals surface area contributed by atoms with Crippen molar-refractivity contribution in [1.82, 2.24) is 14.8 Å². The molecule has 4 nitrogen and oxygen atoms in total. The average molecular weight is 282 g/mol. The molecule has 100 valence electrons. The first kappa shape index (κ1) is 11.7. The molecule has 0 bridgehead atoms. The Morgan fingerprint density at radius 3 is 2.85 bits per heavy atom. The molecule has 4 rings (SSSR count). The topological polar surface area (TPSA) is 42.7 Å². The van der Waals surface area contributed by atoms with Crippen LogP contribution < -0.4 is 5.32 Å². The third-order valence-electron chi connectivity index (χ3n) is 3.70. The van der Waals surface area contributed by atoms with E-state index in [0.717, 1.165) is 12.4 Å². The Balaban J connectivity index is 1.74. The second-order valence-corrected chi connectivity index (χ2v) is 5.88. The van der Waals surface area contributed by atoms with Crippen molar-refractivity contribution in [2.75, 3.05) is 5.32 Å². The number of hydrogen-bond acceptors (Lipinski definition) is 4. The van der Waals surface area contributed by atoms with E-state index in [1.54, 1.807) is 17.7 Å². The lowest BCUT2D eigenvalue weighted by Crippen LogP contribution is -2.27. The van der Waals surface area contributed by atoms with Gasteiger partial charge in [0.2, 0.25) is 5.95 Å². The van der Waals surface area contributed by atoms with E-state index in [4.69, 9.17) is 0 Å². The summed E-state index contributed by atoms with van der Waals surface area (Å²) < 4.78 is 1.99. The molecule has 2 aromatic heterocycles. The smallest absolute Gasteiger partial charge is 0.222 e. The second kappa shape index (κ2) is 4.76. The SMILES string of the molecule is c1ccc([C@@H]2C[C@H](c3cccs3)n3ncnc3N2)cc1. The Kier molecular flexibility index (Phi) is 2.77. The number of rotatable bonds is 2. The van der Waals surface area contributed by atoms with Gasteiger partial charge in [-0.1, -0.05) is 36.4 Å². The number of aromatic nitrogens is 3. The minimum Gasteiger partial charge on any atom is -0.348 e. The van der Waals surface area contributed by atoms with Crippen LogP contribution in [-0.4, -0.2) is 14.8 Å². The number of hydrogen-bond donors (Lipinski definition) is 1. The van der Waals surface area contributed by atoms with Crippen molar-refractivity contribution in [2.24, 2.45) is 0 Å². The molecule has 0 saturated carbocycles. The van der Waals surface area contributed by atoms with Crippen LogP contribution in [0.2, 0.25) is 0 Å². The number of benzene rings is 1. The highest BCUT2D eigenvalue weighted by Gasteiger charge is 2.30. The fourth-order valence-corrected chi connectivity index (χ4v) is 3.57. The number of anilines is 1. The number of nitrogens with one attached hydrogen (secondary N) is 1. The molecule has 20 heavy (non-hydrogen) atoms. The first-order chi connectivity index (χ1) is 9.92. The van der Waals surface area contributed by atoms with E-state index in [-0.39, 0.29) is 12.1 Å². The summed E-state index contributed by atoms with van der Waals surface area (Å²) in [5.41, 5.74) is 1.29. The third kappa shape index (κ3) is 1.91. The summed E-state index contributed by atoms with van der Waals surface area (Å²) in [5, 5.41) is 9.97. The Morgan fingerprint density at radius 2 is 2.05 bits per heavy atom. The van der Waals surface area contributed by atoms with Gasteiger partial charge in [0, 0.05) is 4.88 Å². The van der Waals surface area contributed by atoms with Crippen molar-refractivity contribution in [3.63, 3.8) is 0 Å². The van der Waals surface area contributed by atoms with Gasteiger partial charge in [-0.3, -0.25) is 0 Å². The standard InChI is InChI=1S/C15H14N4S/c1-2-5-11(6-3-1)12-9-13(14-7-4-8-20-14)19-15(18-12)16-10-17-19/h1-8,10,12-13H,9H2,(H,16,17,18)/t12-,13+/m0/s1. The van der Waals surface area contributed by atoms with Crippen molar-refractivity contribution in [1.29, 1.82) is 0 Å². The van der Waals surface area contributed by atoms with Crippen LogP contribution in [0.1, 0.15) is 28.9 Å². The van der Waals surface area contributed by atoms with Gasteiger partial charge < -0.3 is 5.32 Å². The number of nitrogens with zero attached hydrogens (tertiary/aromatic N) is 3. The van der Waals surface area contributed by atoms with Crippen molar-refractivity contribution in [3.8, 4) is 0 Å². The molecule has 1 aliphatic heterocycles. The lowest BCUT2D eigenvalue weighted by molar-refractivity contribution is 0.436. The molecule has 1 aliphatic rings. The zero-order valence-electron chi connectivity index (χ0n) is 10.8. The summed E-state index contributed by atoms with van der Waals surface area (Å²) in [6.45, 7) is 0. The number of fused-ring (bicyclic) bond motifs is 1. The van der Waals surface area contributed by atoms with Crippen LogP contribution in [0.3, 0.4) is 0 Å². The van der Waals surface area contributed by atoms with Crippen molar-refractivity contribution < 1.29 is 0 Å². The van der Waals surface area contributed by atoms with E-state index in [2.05, 4.69) is 57.2 Å². The summed E-state index contributed by atoms with van der Waals surface area (Å²) >= 11 is 1.78. The van der Waals surface area contributed by atoms with E-state index in [9.17, 15) is 0 Å². The largest absolute Gasteiger partial charge is 0.348 e. The van der Waals surface area contributed by atoms with Crippen LogP contribution in [-0.2, 0) is 0 Å². The van der Waals surface area contributed by atoms with Crippen LogP contribution in [0.25, 0.3) is 0 Å². The predicted octanol–water partition coefficient (Wildman–Crippen LogP) is 3.49. The highest BCUT2D eigenvalue weighted by atomic mass is 32.1. The van der Waals surface area contributed by atoms with E-state index >= 15 is 0 Å². The fraction of sp³-hybridized carbons (Fsp3) is 0.200. The van der Waals surface area contributed by atoms with Gasteiger partial charge in [-0.25, -0.2) is 4.68 Å². The van der Waals surface area contributed by atoms with Gasteiger partial charge in [0.1, 0.15) is 6.33 Å². The quantitative estimate of drug-likeness (QED) is 0.782. The summed E-state index contributed by atoms with van der Waals surface area (Å²) in [4.78, 5) is 5.67. The monoisotopic (exact) mass is 282 g/mol. The van der Waals surface area contributed by atoms with Crippen LogP contribution in [0, 0.1) is 0 Å². The highest BCUT2D eigenvalue weighted by Crippen LogP contribution is 2.38. The highest BCUT2D eigenvalue weighted by molar-refractivity contribution is 7.10. The van der Waals surface area contributed by atoms with Crippen LogP contribution in [0.5, 0.6) is 0 Å². The maximum Gasteiger partial charge on any atom is 0.222 e. The maximum absolute atomic E-state index is 4.37. The second-order valence-electron chi connectivity index (χ2n) is 4.90. The fourth-order valence-electron chi connectivity index (χ4n) is 2.74. The first-order valence-corrected chi connectivity index (χ1v) is 7.54. The summed E-state index contributed by atoms with van der Waals surface area (Å²) in [5.74, 6) is 0.850. The minimum absolute atomic E-state index is 0.263. The van der Waals surface area contributed by atoms with Crippen LogP contribution in [0.15, 0.2) is 54.2 Å². The predicted molar refractivity (Wildman–Crippen MR) is 79.9 cm³/mol. The van der Waals surface area contributed by atoms with E-state index in [1.165, 1.54) is 10.4 Å². The molecule has 0 spiro atoms.